The summed E-state index contributed by atoms with van der Waals surface area (Å²) >= 11 is 0. The molecule has 1 aliphatic carbocycles. The van der Waals surface area contributed by atoms with Crippen LogP contribution in [0.3, 0.4) is 0 Å². The molecule has 2 aliphatic heterocycles. The predicted molar refractivity (Wildman–Crippen MR) is 122 cm³/mol. The van der Waals surface area contributed by atoms with E-state index in [0.29, 0.717) is 38.1 Å². The van der Waals surface area contributed by atoms with Crippen molar-refractivity contribution in [2.24, 2.45) is 0 Å². The highest BCUT2D eigenvalue weighted by Crippen LogP contribution is 2.23. The summed E-state index contributed by atoms with van der Waals surface area (Å²) in [6.07, 6.45) is 3.97. The van der Waals surface area contributed by atoms with E-state index in [1.165, 1.54) is 11.1 Å². The third kappa shape index (κ3) is 4.86. The summed E-state index contributed by atoms with van der Waals surface area (Å²) < 4.78 is 11.0. The van der Waals surface area contributed by atoms with E-state index in [1.54, 1.807) is 0 Å². The Morgan fingerprint density at radius 2 is 1.62 bits per heavy atom. The van der Waals surface area contributed by atoms with Gasteiger partial charge in [0.25, 0.3) is 5.91 Å². The lowest BCUT2D eigenvalue weighted by Crippen LogP contribution is -2.41. The number of anilines is 2. The molecule has 170 valence electrons. The number of hydrogen-bond acceptors (Lipinski definition) is 7. The number of ether oxygens (including phenoxy) is 2. The van der Waals surface area contributed by atoms with Crippen LogP contribution in [-0.2, 0) is 22.3 Å². The van der Waals surface area contributed by atoms with E-state index in [1.807, 2.05) is 6.07 Å². The average Bonchev–Trinajstić information content (AvgIpc) is 3.06. The predicted octanol–water partition coefficient (Wildman–Crippen LogP) is 1.83. The van der Waals surface area contributed by atoms with Gasteiger partial charge in [0.05, 0.1) is 26.4 Å². The first kappa shape index (κ1) is 21.2. The molecule has 3 heterocycles. The maximum atomic E-state index is 13.3. The number of carbonyl (C=O) groups is 1. The Morgan fingerprint density at radius 3 is 2.38 bits per heavy atom. The van der Waals surface area contributed by atoms with E-state index in [4.69, 9.17) is 14.5 Å². The quantitative estimate of drug-likeness (QED) is 0.731. The Labute approximate surface area is 188 Å². The third-order valence-electron chi connectivity index (χ3n) is 6.48. The van der Waals surface area contributed by atoms with E-state index in [9.17, 15) is 4.79 Å². The van der Waals surface area contributed by atoms with Gasteiger partial charge in [-0.3, -0.25) is 4.79 Å². The molecule has 2 fully saturated rings. The lowest BCUT2D eigenvalue weighted by molar-refractivity contribution is 0.0929. The molecule has 1 atom stereocenters. The third-order valence-corrected chi connectivity index (χ3v) is 6.48. The average molecular weight is 438 g/mol. The minimum Gasteiger partial charge on any atom is -0.378 e. The van der Waals surface area contributed by atoms with Crippen molar-refractivity contribution in [3.8, 4) is 0 Å². The Balaban J connectivity index is 1.37. The highest BCUT2D eigenvalue weighted by Gasteiger charge is 2.24. The van der Waals surface area contributed by atoms with Crippen LogP contribution in [0.5, 0.6) is 0 Å². The highest BCUT2D eigenvalue weighted by atomic mass is 16.5. The normalized spacial score (nSPS) is 21.6. The number of morpholine rings is 2. The Bertz CT molecular complexity index is 905. The molecule has 8 nitrogen and oxygen atoms in total. The van der Waals surface area contributed by atoms with Crippen LogP contribution in [0, 0.1) is 0 Å². The zero-order chi connectivity index (χ0) is 21.8. The van der Waals surface area contributed by atoms with Gasteiger partial charge in [-0.05, 0) is 36.8 Å². The van der Waals surface area contributed by atoms with Crippen LogP contribution in [0.2, 0.25) is 0 Å². The van der Waals surface area contributed by atoms with Gasteiger partial charge in [-0.2, -0.15) is 4.98 Å². The van der Waals surface area contributed by atoms with Gasteiger partial charge in [-0.25, -0.2) is 4.98 Å². The molecule has 32 heavy (non-hydrogen) atoms. The standard InChI is InChI=1S/C24H31N5O3/c30-23(25-20-7-3-6-18-4-1-2-5-19(18)16-20)21-17-22(28-8-12-31-13-9-28)27-24(26-21)29-10-14-32-15-11-29/h1-2,4-5,17,20H,3,6-16H2,(H,25,30). The zero-order valence-corrected chi connectivity index (χ0v) is 18.5. The molecular formula is C24H31N5O3. The van der Waals surface area contributed by atoms with Crippen LogP contribution in [0.4, 0.5) is 11.8 Å². The fourth-order valence-corrected chi connectivity index (χ4v) is 4.69. The van der Waals surface area contributed by atoms with E-state index in [0.717, 1.165) is 57.7 Å². The highest BCUT2D eigenvalue weighted by molar-refractivity contribution is 5.93. The maximum Gasteiger partial charge on any atom is 0.270 e. The molecule has 2 aromatic rings. The minimum absolute atomic E-state index is 0.111. The van der Waals surface area contributed by atoms with Gasteiger partial charge >= 0.3 is 0 Å². The summed E-state index contributed by atoms with van der Waals surface area (Å²) in [5.41, 5.74) is 3.16. The van der Waals surface area contributed by atoms with Gasteiger partial charge in [-0.1, -0.05) is 24.3 Å². The molecule has 0 bridgehead atoms. The van der Waals surface area contributed by atoms with Gasteiger partial charge < -0.3 is 24.6 Å². The van der Waals surface area contributed by atoms with Gasteiger partial charge in [0, 0.05) is 38.3 Å². The molecule has 1 unspecified atom stereocenters. The molecule has 2 saturated heterocycles. The lowest BCUT2D eigenvalue weighted by Gasteiger charge is -2.31. The van der Waals surface area contributed by atoms with Crippen molar-refractivity contribution in [1.82, 2.24) is 15.3 Å². The van der Waals surface area contributed by atoms with Crippen LogP contribution >= 0.6 is 0 Å². The first-order valence-corrected chi connectivity index (χ1v) is 11.7. The Kier molecular flexibility index (Phi) is 6.50. The fraction of sp³-hybridized carbons (Fsp3) is 0.542. The number of benzene rings is 1. The monoisotopic (exact) mass is 437 g/mol. The van der Waals surface area contributed by atoms with E-state index in [2.05, 4.69) is 44.4 Å². The Hall–Kier alpha value is -2.71. The lowest BCUT2D eigenvalue weighted by atomic mass is 10.0. The van der Waals surface area contributed by atoms with Crippen LogP contribution in [0.25, 0.3) is 0 Å². The fourth-order valence-electron chi connectivity index (χ4n) is 4.69. The maximum absolute atomic E-state index is 13.3. The number of nitrogens with zero attached hydrogens (tertiary/aromatic N) is 4. The number of carbonyl (C=O) groups excluding carboxylic acids is 1. The number of fused-ring (bicyclic) bond motifs is 1. The minimum atomic E-state index is -0.124. The second-order valence-corrected chi connectivity index (χ2v) is 8.65. The van der Waals surface area contributed by atoms with Crippen molar-refractivity contribution >= 4 is 17.7 Å². The number of rotatable bonds is 4. The van der Waals surface area contributed by atoms with Gasteiger partial charge in [-0.15, -0.1) is 0 Å². The molecule has 0 spiro atoms. The number of nitrogens with one attached hydrogen (secondary N) is 1. The van der Waals surface area contributed by atoms with Gasteiger partial charge in [0.1, 0.15) is 11.5 Å². The molecule has 0 radical (unpaired) electrons. The number of aromatic nitrogens is 2. The first-order chi connectivity index (χ1) is 15.8. The van der Waals surface area contributed by atoms with Gasteiger partial charge in [0.15, 0.2) is 0 Å². The van der Waals surface area contributed by atoms with Crippen molar-refractivity contribution in [2.75, 3.05) is 62.4 Å². The first-order valence-electron chi connectivity index (χ1n) is 11.7. The van der Waals surface area contributed by atoms with Crippen LogP contribution in [-0.4, -0.2) is 74.5 Å². The summed E-state index contributed by atoms with van der Waals surface area (Å²) in [6.45, 7) is 5.61. The molecule has 1 amide bonds. The molecule has 1 aromatic heterocycles. The number of aryl methyl sites for hydroxylation is 1. The smallest absolute Gasteiger partial charge is 0.270 e. The SMILES string of the molecule is O=C(NC1CCCc2ccccc2C1)c1cc(N2CCOCC2)nc(N2CCOCC2)n1. The van der Waals surface area contributed by atoms with Crippen LogP contribution < -0.4 is 15.1 Å². The molecule has 1 N–H and O–H groups in total. The number of amides is 1. The molecule has 8 heteroatoms. The summed E-state index contributed by atoms with van der Waals surface area (Å²) in [7, 11) is 0. The second kappa shape index (κ2) is 9.83. The molecule has 1 aromatic carbocycles. The van der Waals surface area contributed by atoms with Crippen molar-refractivity contribution in [3.05, 3.63) is 47.2 Å². The van der Waals surface area contributed by atoms with E-state index >= 15 is 0 Å². The molecular weight excluding hydrogens is 406 g/mol. The van der Waals surface area contributed by atoms with Crippen LogP contribution in [0.15, 0.2) is 30.3 Å². The summed E-state index contributed by atoms with van der Waals surface area (Å²) in [4.78, 5) is 27.1. The largest absolute Gasteiger partial charge is 0.378 e. The summed E-state index contributed by atoms with van der Waals surface area (Å²) in [6, 6.07) is 10.5. The molecule has 5 rings (SSSR count). The van der Waals surface area contributed by atoms with Crippen molar-refractivity contribution in [1.29, 1.82) is 0 Å². The second-order valence-electron chi connectivity index (χ2n) is 8.65. The topological polar surface area (TPSA) is 79.8 Å². The van der Waals surface area contributed by atoms with Crippen molar-refractivity contribution in [2.45, 2.75) is 31.7 Å². The van der Waals surface area contributed by atoms with Crippen molar-refractivity contribution < 1.29 is 14.3 Å². The van der Waals surface area contributed by atoms with Gasteiger partial charge in [0.2, 0.25) is 5.95 Å². The number of hydrogen-bond donors (Lipinski definition) is 1. The van der Waals surface area contributed by atoms with E-state index in [-0.39, 0.29) is 11.9 Å². The molecule has 0 saturated carbocycles. The van der Waals surface area contributed by atoms with Crippen molar-refractivity contribution in [3.63, 3.8) is 0 Å². The summed E-state index contributed by atoms with van der Waals surface area (Å²) in [5, 5.41) is 3.26. The van der Waals surface area contributed by atoms with E-state index < -0.39 is 0 Å². The Morgan fingerprint density at radius 1 is 0.938 bits per heavy atom. The summed E-state index contributed by atoms with van der Waals surface area (Å²) in [5.74, 6) is 1.27. The zero-order valence-electron chi connectivity index (χ0n) is 18.5. The van der Waals surface area contributed by atoms with Crippen LogP contribution in [0.1, 0.15) is 34.5 Å². The molecule has 3 aliphatic rings.